The lowest BCUT2D eigenvalue weighted by atomic mass is 9.82. The first-order valence-corrected chi connectivity index (χ1v) is 10.3. The van der Waals surface area contributed by atoms with E-state index in [9.17, 15) is 10.1 Å². The van der Waals surface area contributed by atoms with Gasteiger partial charge in [-0.25, -0.2) is 10.2 Å². The van der Waals surface area contributed by atoms with Crippen molar-refractivity contribution in [2.75, 3.05) is 23.7 Å². The Labute approximate surface area is 175 Å². The maximum absolute atomic E-state index is 11.5. The topological polar surface area (TPSA) is 116 Å². The van der Waals surface area contributed by atoms with Crippen LogP contribution in [0, 0.1) is 23.7 Å². The third-order valence-electron chi connectivity index (χ3n) is 5.61. The number of aryl methyl sites for hydroxylation is 1. The Kier molecular flexibility index (Phi) is 7.22. The largest absolute Gasteiger partial charge is 0.376 e. The highest BCUT2D eigenvalue weighted by Gasteiger charge is 2.25. The Morgan fingerprint density at radius 3 is 2.62 bits per heavy atom. The minimum Gasteiger partial charge on any atom is -0.364 e. The molecule has 1 heterocycles. The van der Waals surface area contributed by atoms with Crippen LogP contribution in [-0.2, 0) is 6.54 Å². The summed E-state index contributed by atoms with van der Waals surface area (Å²) in [5.41, 5.74) is 7.77. The van der Waals surface area contributed by atoms with Crippen LogP contribution in [0.2, 0.25) is 5.02 Å². The van der Waals surface area contributed by atoms with Crippen molar-refractivity contribution in [1.82, 2.24) is 9.97 Å². The number of hydrogen-bond acceptors (Lipinski definition) is 6. The van der Waals surface area contributed by atoms with Gasteiger partial charge in [-0.1, -0.05) is 23.7 Å². The van der Waals surface area contributed by atoms with Crippen LogP contribution in [-0.4, -0.2) is 33.2 Å². The Morgan fingerprint density at radius 2 is 1.97 bits per heavy atom. The molecular weight excluding hydrogens is 392 g/mol. The van der Waals surface area contributed by atoms with E-state index in [1.54, 1.807) is 0 Å². The quantitative estimate of drug-likeness (QED) is 0.477. The van der Waals surface area contributed by atoms with Crippen LogP contribution in [0.4, 0.5) is 17.5 Å². The van der Waals surface area contributed by atoms with E-state index in [0.717, 1.165) is 43.4 Å². The molecule has 5 N–H and O–H groups in total. The first-order valence-electron chi connectivity index (χ1n) is 9.93. The van der Waals surface area contributed by atoms with E-state index < -0.39 is 0 Å². The zero-order chi connectivity index (χ0) is 20.8. The van der Waals surface area contributed by atoms with Gasteiger partial charge in [-0.15, -0.1) is 0 Å². The summed E-state index contributed by atoms with van der Waals surface area (Å²) in [5, 5.41) is 16.4. The molecule has 29 heavy (non-hydrogen) atoms. The molecule has 3 rings (SSSR count). The van der Waals surface area contributed by atoms with Crippen LogP contribution in [0.1, 0.15) is 36.8 Å². The molecule has 0 aliphatic heterocycles. The second-order valence-corrected chi connectivity index (χ2v) is 8.00. The van der Waals surface area contributed by atoms with Crippen LogP contribution in [0.5, 0.6) is 0 Å². The lowest BCUT2D eigenvalue weighted by Gasteiger charge is -2.27. The Bertz CT molecular complexity index is 835. The van der Waals surface area contributed by atoms with Crippen molar-refractivity contribution in [3.63, 3.8) is 0 Å². The van der Waals surface area contributed by atoms with E-state index in [4.69, 9.17) is 17.3 Å². The van der Waals surface area contributed by atoms with E-state index in [0.29, 0.717) is 41.7 Å². The lowest BCUT2D eigenvalue weighted by Crippen LogP contribution is -2.25. The number of aromatic nitrogens is 2. The van der Waals surface area contributed by atoms with E-state index in [1.165, 1.54) is 6.20 Å². The summed E-state index contributed by atoms with van der Waals surface area (Å²) in [6, 6.07) is 5.73. The van der Waals surface area contributed by atoms with Gasteiger partial charge in [0.2, 0.25) is 11.8 Å². The molecule has 0 saturated heterocycles. The fourth-order valence-electron chi connectivity index (χ4n) is 3.70. The van der Waals surface area contributed by atoms with Crippen molar-refractivity contribution >= 4 is 29.1 Å². The highest BCUT2D eigenvalue weighted by molar-refractivity contribution is 6.31. The van der Waals surface area contributed by atoms with Gasteiger partial charge in [0.25, 0.3) is 4.92 Å². The molecule has 0 unspecified atom stereocenters. The van der Waals surface area contributed by atoms with Crippen LogP contribution >= 0.6 is 11.6 Å². The molecule has 156 valence electrons. The summed E-state index contributed by atoms with van der Waals surface area (Å²) in [7, 11) is 0. The van der Waals surface area contributed by atoms with Gasteiger partial charge in [0.05, 0.1) is 4.91 Å². The molecule has 1 aliphatic carbocycles. The fraction of sp³-hybridized carbons (Fsp3) is 0.500. The van der Waals surface area contributed by atoms with Gasteiger partial charge >= 0.3 is 5.69 Å². The average Bonchev–Trinajstić information content (AvgIpc) is 2.72. The first-order chi connectivity index (χ1) is 14.0. The smallest absolute Gasteiger partial charge is 0.364 e. The number of anilines is 2. The van der Waals surface area contributed by atoms with Gasteiger partial charge in [0, 0.05) is 18.1 Å². The van der Waals surface area contributed by atoms with Crippen LogP contribution in [0.3, 0.4) is 0 Å². The number of halogens is 1. The number of nitrogens with zero attached hydrogens (tertiary/aromatic N) is 3. The third-order valence-corrected chi connectivity index (χ3v) is 5.96. The van der Waals surface area contributed by atoms with Crippen molar-refractivity contribution in [2.24, 2.45) is 17.6 Å². The number of rotatable bonds is 8. The van der Waals surface area contributed by atoms with Gasteiger partial charge in [-0.3, -0.25) is 0 Å². The van der Waals surface area contributed by atoms with Crippen molar-refractivity contribution in [1.29, 1.82) is 0 Å². The standard InChI is InChI=1S/C20H28ClN6O2/c1-13-3-2-4-17(21)16(13)11-24-20-25-12-18(27(28)29)19(26-20)23-10-15-7-5-14(9-22)6-8-15/h2-4,12,14-15H,5-11,22H2,1H3,(H,28,29)(H2,23,24,25,26)/q+1. The zero-order valence-corrected chi connectivity index (χ0v) is 17.3. The number of nitrogens with one attached hydrogen (secondary N) is 2. The minimum atomic E-state index is -0.213. The molecule has 2 aromatic rings. The van der Waals surface area contributed by atoms with Crippen LogP contribution < -0.4 is 16.4 Å². The van der Waals surface area contributed by atoms with Gasteiger partial charge in [-0.2, -0.15) is 4.98 Å². The predicted molar refractivity (Wildman–Crippen MR) is 114 cm³/mol. The number of hydrogen-bond donors (Lipinski definition) is 4. The zero-order valence-electron chi connectivity index (χ0n) is 16.6. The van der Waals surface area contributed by atoms with Crippen molar-refractivity contribution in [2.45, 2.75) is 39.2 Å². The molecule has 0 atom stereocenters. The van der Waals surface area contributed by atoms with Gasteiger partial charge in [0.1, 0.15) is 6.20 Å². The summed E-state index contributed by atoms with van der Waals surface area (Å²) >= 11 is 6.27. The Balaban J connectivity index is 1.67. The maximum atomic E-state index is 11.5. The van der Waals surface area contributed by atoms with Gasteiger partial charge in [-0.05, 0) is 68.2 Å². The van der Waals surface area contributed by atoms with Crippen LogP contribution in [0.25, 0.3) is 0 Å². The monoisotopic (exact) mass is 419 g/mol. The predicted octanol–water partition coefficient (Wildman–Crippen LogP) is 4.03. The molecule has 0 radical (unpaired) electrons. The second-order valence-electron chi connectivity index (χ2n) is 7.59. The van der Waals surface area contributed by atoms with Crippen molar-refractivity contribution < 1.29 is 10.1 Å². The first kappa shape index (κ1) is 21.3. The molecular formula is C20H28ClN6O2+. The van der Waals surface area contributed by atoms with E-state index in [-0.39, 0.29) is 10.6 Å². The van der Waals surface area contributed by atoms with Gasteiger partial charge < -0.3 is 16.4 Å². The molecule has 0 amide bonds. The molecule has 9 heteroatoms. The summed E-state index contributed by atoms with van der Waals surface area (Å²) < 4.78 is 0. The lowest BCUT2D eigenvalue weighted by molar-refractivity contribution is -0.729. The summed E-state index contributed by atoms with van der Waals surface area (Å²) in [5.74, 6) is 1.75. The third kappa shape index (κ3) is 5.55. The summed E-state index contributed by atoms with van der Waals surface area (Å²) in [4.78, 5) is 19.8. The molecule has 1 fully saturated rings. The van der Waals surface area contributed by atoms with Crippen molar-refractivity contribution in [3.05, 3.63) is 45.5 Å². The summed E-state index contributed by atoms with van der Waals surface area (Å²) in [6.07, 6.45) is 5.72. The molecule has 0 bridgehead atoms. The van der Waals surface area contributed by atoms with Crippen LogP contribution in [0.15, 0.2) is 24.4 Å². The molecule has 1 aromatic heterocycles. The Hall–Kier alpha value is -2.45. The number of nitrogens with two attached hydrogens (primary N) is 1. The molecule has 0 spiro atoms. The second kappa shape index (κ2) is 9.84. The maximum Gasteiger partial charge on any atom is 0.376 e. The molecule has 1 aliphatic rings. The SMILES string of the molecule is Cc1cccc(Cl)c1CNc1ncc([N+](=O)O)c(NCC2CCC(CN)CC2)n1. The van der Waals surface area contributed by atoms with E-state index >= 15 is 0 Å². The van der Waals surface area contributed by atoms with Gasteiger partial charge in [0.15, 0.2) is 0 Å². The summed E-state index contributed by atoms with van der Waals surface area (Å²) in [6.45, 7) is 3.86. The minimum absolute atomic E-state index is 0.0138. The number of benzene rings is 1. The highest BCUT2D eigenvalue weighted by atomic mass is 35.5. The fourth-order valence-corrected chi connectivity index (χ4v) is 3.99. The highest BCUT2D eigenvalue weighted by Crippen LogP contribution is 2.29. The Morgan fingerprint density at radius 1 is 1.24 bits per heavy atom. The molecule has 8 nitrogen and oxygen atoms in total. The van der Waals surface area contributed by atoms with E-state index in [2.05, 4.69) is 20.6 Å². The normalized spacial score (nSPS) is 19.0. The van der Waals surface area contributed by atoms with E-state index in [1.807, 2.05) is 25.1 Å². The molecule has 1 saturated carbocycles. The molecule has 1 aromatic carbocycles. The average molecular weight is 420 g/mol. The van der Waals surface area contributed by atoms with Crippen molar-refractivity contribution in [3.8, 4) is 0 Å².